The number of anilines is 1. The van der Waals surface area contributed by atoms with Crippen LogP contribution in [0.5, 0.6) is 5.75 Å². The second-order valence-corrected chi connectivity index (χ2v) is 5.04. The molecule has 0 bridgehead atoms. The second-order valence-electron chi connectivity index (χ2n) is 4.64. The molecule has 9 heteroatoms. The van der Waals surface area contributed by atoms with Crippen molar-refractivity contribution in [2.45, 2.75) is 0 Å². The summed E-state index contributed by atoms with van der Waals surface area (Å²) in [6, 6.07) is 7.36. The zero-order chi connectivity index (χ0) is 17.4. The Morgan fingerprint density at radius 3 is 2.72 bits per heavy atom. The minimum atomic E-state index is -0.647. The van der Waals surface area contributed by atoms with Gasteiger partial charge in [0, 0.05) is 12.3 Å². The SMILES string of the molecule is Cl.O=C(/C=C/c1cnc(NCCOc2ccc(F)cc2)c(Cl)c1)NO. The Morgan fingerprint density at radius 1 is 1.36 bits per heavy atom. The van der Waals surface area contributed by atoms with Gasteiger partial charge in [0.25, 0.3) is 5.91 Å². The van der Waals surface area contributed by atoms with Gasteiger partial charge in [-0.05, 0) is 42.0 Å². The van der Waals surface area contributed by atoms with E-state index in [1.165, 1.54) is 29.9 Å². The monoisotopic (exact) mass is 387 g/mol. The molecule has 1 aromatic heterocycles. The molecule has 0 aliphatic heterocycles. The van der Waals surface area contributed by atoms with Crippen LogP contribution in [0.3, 0.4) is 0 Å². The minimum absolute atomic E-state index is 0. The Bertz CT molecular complexity index is 727. The molecule has 0 aliphatic carbocycles. The van der Waals surface area contributed by atoms with Crippen LogP contribution >= 0.6 is 24.0 Å². The molecule has 25 heavy (non-hydrogen) atoms. The maximum Gasteiger partial charge on any atom is 0.267 e. The van der Waals surface area contributed by atoms with Crippen LogP contribution in [0.4, 0.5) is 10.2 Å². The van der Waals surface area contributed by atoms with Gasteiger partial charge >= 0.3 is 0 Å². The number of carbonyl (C=O) groups excluding carboxylic acids is 1. The first-order valence-corrected chi connectivity index (χ1v) is 7.36. The zero-order valence-electron chi connectivity index (χ0n) is 12.9. The highest BCUT2D eigenvalue weighted by atomic mass is 35.5. The zero-order valence-corrected chi connectivity index (χ0v) is 14.5. The van der Waals surface area contributed by atoms with Gasteiger partial charge in [0.2, 0.25) is 0 Å². The molecule has 0 aliphatic rings. The molecule has 1 aromatic carbocycles. The number of halogens is 3. The first kappa shape index (κ1) is 20.7. The van der Waals surface area contributed by atoms with Crippen molar-refractivity contribution in [3.8, 4) is 5.75 Å². The summed E-state index contributed by atoms with van der Waals surface area (Å²) in [6.45, 7) is 0.800. The molecule has 1 amide bonds. The fraction of sp³-hybridized carbons (Fsp3) is 0.125. The number of hydroxylamine groups is 1. The third-order valence-corrected chi connectivity index (χ3v) is 3.16. The van der Waals surface area contributed by atoms with Crippen LogP contribution < -0.4 is 15.5 Å². The number of rotatable bonds is 7. The number of hydrogen-bond donors (Lipinski definition) is 3. The van der Waals surface area contributed by atoms with Crippen LogP contribution in [-0.2, 0) is 4.79 Å². The Labute approximate surface area is 155 Å². The van der Waals surface area contributed by atoms with Crippen LogP contribution in [-0.4, -0.2) is 29.3 Å². The van der Waals surface area contributed by atoms with Crippen molar-refractivity contribution >= 4 is 41.8 Å². The summed E-state index contributed by atoms with van der Waals surface area (Å²) in [5.41, 5.74) is 2.09. The van der Waals surface area contributed by atoms with Crippen molar-refractivity contribution in [3.63, 3.8) is 0 Å². The molecule has 0 fully saturated rings. The number of amides is 1. The molecule has 0 saturated heterocycles. The lowest BCUT2D eigenvalue weighted by molar-refractivity contribution is -0.124. The summed E-state index contributed by atoms with van der Waals surface area (Å²) in [6.07, 6.45) is 4.14. The maximum atomic E-state index is 12.8. The van der Waals surface area contributed by atoms with E-state index >= 15 is 0 Å². The second kappa shape index (κ2) is 10.5. The van der Waals surface area contributed by atoms with Gasteiger partial charge in [0.05, 0.1) is 11.6 Å². The highest BCUT2D eigenvalue weighted by Gasteiger charge is 2.03. The number of aromatic nitrogens is 1. The van der Waals surface area contributed by atoms with Crippen molar-refractivity contribution in [1.29, 1.82) is 0 Å². The van der Waals surface area contributed by atoms with Crippen LogP contribution in [0.15, 0.2) is 42.6 Å². The van der Waals surface area contributed by atoms with Crippen molar-refractivity contribution < 1.29 is 19.1 Å². The van der Waals surface area contributed by atoms with Gasteiger partial charge in [-0.15, -0.1) is 12.4 Å². The normalized spacial score (nSPS) is 10.2. The summed E-state index contributed by atoms with van der Waals surface area (Å²) >= 11 is 6.10. The van der Waals surface area contributed by atoms with E-state index in [9.17, 15) is 9.18 Å². The average Bonchev–Trinajstić information content (AvgIpc) is 2.59. The van der Waals surface area contributed by atoms with Gasteiger partial charge in [0.15, 0.2) is 0 Å². The minimum Gasteiger partial charge on any atom is -0.492 e. The first-order chi connectivity index (χ1) is 11.6. The maximum absolute atomic E-state index is 12.8. The quantitative estimate of drug-likeness (QED) is 0.293. The van der Waals surface area contributed by atoms with E-state index in [4.69, 9.17) is 21.5 Å². The predicted octanol–water partition coefficient (Wildman–Crippen LogP) is 3.31. The molecule has 0 atom stereocenters. The first-order valence-electron chi connectivity index (χ1n) is 6.98. The summed E-state index contributed by atoms with van der Waals surface area (Å²) in [5.74, 6) is 0.0800. The van der Waals surface area contributed by atoms with Crippen LogP contribution in [0.2, 0.25) is 5.02 Å². The molecule has 0 spiro atoms. The van der Waals surface area contributed by atoms with E-state index in [-0.39, 0.29) is 18.2 Å². The van der Waals surface area contributed by atoms with Gasteiger partial charge in [0.1, 0.15) is 24.0 Å². The highest BCUT2D eigenvalue weighted by molar-refractivity contribution is 6.33. The van der Waals surface area contributed by atoms with E-state index in [0.29, 0.717) is 35.3 Å². The lowest BCUT2D eigenvalue weighted by atomic mass is 10.2. The van der Waals surface area contributed by atoms with Crippen LogP contribution in [0.25, 0.3) is 6.08 Å². The summed E-state index contributed by atoms with van der Waals surface area (Å²) in [5, 5.41) is 11.8. The van der Waals surface area contributed by atoms with Gasteiger partial charge in [-0.3, -0.25) is 10.0 Å². The van der Waals surface area contributed by atoms with Crippen LogP contribution in [0.1, 0.15) is 5.56 Å². The van der Waals surface area contributed by atoms with E-state index in [1.54, 1.807) is 18.2 Å². The molecular formula is C16H16Cl2FN3O3. The lowest BCUT2D eigenvalue weighted by Crippen LogP contribution is -2.14. The Kier molecular flexibility index (Phi) is 8.69. The highest BCUT2D eigenvalue weighted by Crippen LogP contribution is 2.20. The molecule has 1 heterocycles. The fourth-order valence-corrected chi connectivity index (χ4v) is 1.99. The molecule has 2 rings (SSSR count). The van der Waals surface area contributed by atoms with Gasteiger partial charge < -0.3 is 10.1 Å². The average molecular weight is 388 g/mol. The molecular weight excluding hydrogens is 372 g/mol. The fourth-order valence-electron chi connectivity index (χ4n) is 1.75. The third-order valence-electron chi connectivity index (χ3n) is 2.88. The number of nitrogens with one attached hydrogen (secondary N) is 2. The van der Waals surface area contributed by atoms with Crippen molar-refractivity contribution in [2.75, 3.05) is 18.5 Å². The van der Waals surface area contributed by atoms with Crippen molar-refractivity contribution in [2.24, 2.45) is 0 Å². The molecule has 6 nitrogen and oxygen atoms in total. The smallest absolute Gasteiger partial charge is 0.267 e. The number of hydrogen-bond acceptors (Lipinski definition) is 5. The lowest BCUT2D eigenvalue weighted by Gasteiger charge is -2.09. The van der Waals surface area contributed by atoms with E-state index in [0.717, 1.165) is 6.08 Å². The Balaban J connectivity index is 0.00000312. The largest absolute Gasteiger partial charge is 0.492 e. The third kappa shape index (κ3) is 6.96. The summed E-state index contributed by atoms with van der Waals surface area (Å²) in [4.78, 5) is 15.0. The van der Waals surface area contributed by atoms with Gasteiger partial charge in [-0.2, -0.15) is 0 Å². The summed E-state index contributed by atoms with van der Waals surface area (Å²) < 4.78 is 18.2. The van der Waals surface area contributed by atoms with Crippen molar-refractivity contribution in [3.05, 3.63) is 59.0 Å². The molecule has 0 saturated carbocycles. The van der Waals surface area contributed by atoms with Gasteiger partial charge in [-0.1, -0.05) is 11.6 Å². The molecule has 0 unspecified atom stereocenters. The van der Waals surface area contributed by atoms with E-state index in [2.05, 4.69) is 10.3 Å². The van der Waals surface area contributed by atoms with E-state index < -0.39 is 5.91 Å². The van der Waals surface area contributed by atoms with Crippen LogP contribution in [0, 0.1) is 5.82 Å². The van der Waals surface area contributed by atoms with Gasteiger partial charge in [-0.25, -0.2) is 14.9 Å². The molecule has 3 N–H and O–H groups in total. The predicted molar refractivity (Wildman–Crippen MR) is 95.8 cm³/mol. The number of nitrogens with zero attached hydrogens (tertiary/aromatic N) is 1. The number of benzene rings is 1. The Hall–Kier alpha value is -2.35. The number of carbonyl (C=O) groups is 1. The number of ether oxygens (including phenoxy) is 1. The Morgan fingerprint density at radius 2 is 2.08 bits per heavy atom. The van der Waals surface area contributed by atoms with Crippen molar-refractivity contribution in [1.82, 2.24) is 10.5 Å². The summed E-state index contributed by atoms with van der Waals surface area (Å²) in [7, 11) is 0. The van der Waals surface area contributed by atoms with E-state index in [1.807, 2.05) is 0 Å². The molecule has 2 aromatic rings. The standard InChI is InChI=1S/C16H15ClFN3O3.ClH/c17-14-9-11(1-6-15(22)21-23)10-20-16(14)19-7-8-24-13-4-2-12(18)3-5-13;/h1-6,9-10,23H,7-8H2,(H,19,20)(H,21,22);1H/b6-1+;. The number of pyridine rings is 1. The molecule has 0 radical (unpaired) electrons. The topological polar surface area (TPSA) is 83.5 Å². The molecule has 134 valence electrons.